The topological polar surface area (TPSA) is 123 Å². The SMILES string of the molecule is CC(C)c1csc(CCc2ccn3c(=O)c(C=CC(=O)NS(C)(=O)=O)c(N4CCOCC4)nc3c2)n1. The predicted molar refractivity (Wildman–Crippen MR) is 140 cm³/mol. The summed E-state index contributed by atoms with van der Waals surface area (Å²) in [6.07, 6.45) is 6.47. The molecule has 3 aromatic rings. The number of anilines is 1. The zero-order chi connectivity index (χ0) is 25.9. The van der Waals surface area contributed by atoms with Crippen molar-refractivity contribution in [2.24, 2.45) is 0 Å². The van der Waals surface area contributed by atoms with Gasteiger partial charge in [0.15, 0.2) is 0 Å². The molecule has 1 aliphatic heterocycles. The number of aryl methyl sites for hydroxylation is 2. The number of carbonyl (C=O) groups excluding carboxylic acids is 1. The first-order valence-corrected chi connectivity index (χ1v) is 14.4. The lowest BCUT2D eigenvalue weighted by molar-refractivity contribution is -0.114. The van der Waals surface area contributed by atoms with Crippen LogP contribution in [0.3, 0.4) is 0 Å². The molecule has 0 aromatic carbocycles. The minimum atomic E-state index is -3.72. The number of rotatable bonds is 8. The van der Waals surface area contributed by atoms with Gasteiger partial charge in [0, 0.05) is 37.2 Å². The van der Waals surface area contributed by atoms with Gasteiger partial charge >= 0.3 is 0 Å². The molecule has 0 radical (unpaired) electrons. The highest BCUT2D eigenvalue weighted by atomic mass is 32.2. The highest BCUT2D eigenvalue weighted by Crippen LogP contribution is 2.21. The summed E-state index contributed by atoms with van der Waals surface area (Å²) in [5.74, 6) is -0.00974. The fourth-order valence-electron chi connectivity index (χ4n) is 3.83. The monoisotopic (exact) mass is 531 g/mol. The maximum atomic E-state index is 13.4. The van der Waals surface area contributed by atoms with E-state index in [2.05, 4.69) is 19.2 Å². The number of nitrogens with zero attached hydrogens (tertiary/aromatic N) is 4. The molecule has 36 heavy (non-hydrogen) atoms. The first-order chi connectivity index (χ1) is 17.1. The van der Waals surface area contributed by atoms with Crippen LogP contribution in [0.5, 0.6) is 0 Å². The fourth-order valence-corrected chi connectivity index (χ4v) is 5.22. The van der Waals surface area contributed by atoms with Crippen molar-refractivity contribution in [2.75, 3.05) is 37.5 Å². The highest BCUT2D eigenvalue weighted by molar-refractivity contribution is 7.89. The Hall–Kier alpha value is -3.09. The molecule has 0 unspecified atom stereocenters. The number of carbonyl (C=O) groups is 1. The van der Waals surface area contributed by atoms with E-state index in [1.165, 1.54) is 10.5 Å². The van der Waals surface area contributed by atoms with Crippen molar-refractivity contribution in [3.05, 3.63) is 62.0 Å². The number of thiazole rings is 1. The van der Waals surface area contributed by atoms with Gasteiger partial charge in [-0.3, -0.25) is 14.0 Å². The second kappa shape index (κ2) is 10.9. The van der Waals surface area contributed by atoms with Crippen molar-refractivity contribution >= 4 is 44.8 Å². The van der Waals surface area contributed by atoms with Crippen LogP contribution in [0.2, 0.25) is 0 Å². The summed E-state index contributed by atoms with van der Waals surface area (Å²) < 4.78 is 31.4. The highest BCUT2D eigenvalue weighted by Gasteiger charge is 2.20. The molecule has 1 aliphatic rings. The molecule has 0 atom stereocenters. The quantitative estimate of drug-likeness (QED) is 0.438. The van der Waals surface area contributed by atoms with Crippen molar-refractivity contribution in [1.29, 1.82) is 0 Å². The lowest BCUT2D eigenvalue weighted by Gasteiger charge is -2.29. The molecule has 12 heteroatoms. The third-order valence-corrected chi connectivity index (χ3v) is 7.19. The van der Waals surface area contributed by atoms with Crippen LogP contribution in [0.4, 0.5) is 5.82 Å². The number of fused-ring (bicyclic) bond motifs is 1. The molecule has 3 aromatic heterocycles. The Morgan fingerprint density at radius 3 is 2.67 bits per heavy atom. The standard InChI is InChI=1S/C24H29N5O5S2/c1-16(2)19-15-35-22(25-19)7-4-17-8-9-29-20(14-17)26-23(28-10-12-34-13-11-28)18(24(29)31)5-6-21(30)27-36(3,32)33/h5-6,8-9,14-16H,4,7,10-13H2,1-3H3,(H,27,30). The third-order valence-electron chi connectivity index (χ3n) is 5.70. The molecular weight excluding hydrogens is 502 g/mol. The molecule has 192 valence electrons. The maximum Gasteiger partial charge on any atom is 0.267 e. The predicted octanol–water partition coefficient (Wildman–Crippen LogP) is 1.99. The van der Waals surface area contributed by atoms with Gasteiger partial charge in [-0.25, -0.2) is 23.1 Å². The summed E-state index contributed by atoms with van der Waals surface area (Å²) in [4.78, 5) is 36.8. The van der Waals surface area contributed by atoms with Crippen LogP contribution >= 0.6 is 11.3 Å². The number of sulfonamides is 1. The van der Waals surface area contributed by atoms with Crippen LogP contribution in [-0.4, -0.2) is 61.3 Å². The molecule has 4 rings (SSSR count). The zero-order valence-corrected chi connectivity index (χ0v) is 22.1. The largest absolute Gasteiger partial charge is 0.378 e. The van der Waals surface area contributed by atoms with Gasteiger partial charge in [0.2, 0.25) is 10.0 Å². The summed E-state index contributed by atoms with van der Waals surface area (Å²) >= 11 is 1.66. The Kier molecular flexibility index (Phi) is 7.86. The van der Waals surface area contributed by atoms with Crippen molar-refractivity contribution in [2.45, 2.75) is 32.6 Å². The lowest BCUT2D eigenvalue weighted by Crippen LogP contribution is -2.38. The fraction of sp³-hybridized carbons (Fsp3) is 0.417. The summed E-state index contributed by atoms with van der Waals surface area (Å²) in [5.41, 5.74) is 2.49. The van der Waals surface area contributed by atoms with E-state index >= 15 is 0 Å². The van der Waals surface area contributed by atoms with Crippen LogP contribution in [0.1, 0.15) is 41.6 Å². The molecule has 0 aliphatic carbocycles. The van der Waals surface area contributed by atoms with Crippen LogP contribution in [0, 0.1) is 0 Å². The average molecular weight is 532 g/mol. The second-order valence-corrected chi connectivity index (χ2v) is 11.6. The van der Waals surface area contributed by atoms with E-state index in [-0.39, 0.29) is 11.1 Å². The molecule has 1 N–H and O–H groups in total. The Balaban J connectivity index is 1.66. The second-order valence-electron chi connectivity index (χ2n) is 8.91. The minimum Gasteiger partial charge on any atom is -0.378 e. The summed E-state index contributed by atoms with van der Waals surface area (Å²) in [5, 5.41) is 3.17. The van der Waals surface area contributed by atoms with Gasteiger partial charge in [-0.05, 0) is 36.1 Å². The molecule has 0 saturated carbocycles. The van der Waals surface area contributed by atoms with Crippen LogP contribution in [-0.2, 0) is 32.4 Å². The third kappa shape index (κ3) is 6.37. The van der Waals surface area contributed by atoms with E-state index in [1.807, 2.05) is 21.8 Å². The molecule has 0 bridgehead atoms. The van der Waals surface area contributed by atoms with E-state index in [9.17, 15) is 18.0 Å². The van der Waals surface area contributed by atoms with Gasteiger partial charge in [0.1, 0.15) is 11.5 Å². The van der Waals surface area contributed by atoms with Gasteiger partial charge in [0.25, 0.3) is 11.5 Å². The Bertz CT molecular complexity index is 1450. The number of hydrogen-bond donors (Lipinski definition) is 1. The van der Waals surface area contributed by atoms with Gasteiger partial charge in [-0.15, -0.1) is 11.3 Å². The van der Waals surface area contributed by atoms with Crippen LogP contribution in [0.25, 0.3) is 11.7 Å². The van der Waals surface area contributed by atoms with Crippen molar-refractivity contribution < 1.29 is 17.9 Å². The molecule has 1 fully saturated rings. The van der Waals surface area contributed by atoms with E-state index in [0.29, 0.717) is 43.7 Å². The zero-order valence-electron chi connectivity index (χ0n) is 20.4. The number of hydrogen-bond acceptors (Lipinski definition) is 9. The first kappa shape index (κ1) is 26.0. The molecule has 10 nitrogen and oxygen atoms in total. The molecule has 1 amide bonds. The van der Waals surface area contributed by atoms with Gasteiger partial charge in [-0.2, -0.15) is 0 Å². The Morgan fingerprint density at radius 1 is 1.25 bits per heavy atom. The van der Waals surface area contributed by atoms with Crippen molar-refractivity contribution in [3.8, 4) is 0 Å². The molecular formula is C24H29N5O5S2. The van der Waals surface area contributed by atoms with Crippen molar-refractivity contribution in [3.63, 3.8) is 0 Å². The van der Waals surface area contributed by atoms with Gasteiger partial charge in [0.05, 0.1) is 35.7 Å². The number of ether oxygens (including phenoxy) is 1. The molecule has 0 spiro atoms. The normalized spacial score (nSPS) is 14.7. The lowest BCUT2D eigenvalue weighted by atomic mass is 10.1. The van der Waals surface area contributed by atoms with E-state index in [1.54, 1.807) is 17.5 Å². The first-order valence-electron chi connectivity index (χ1n) is 11.6. The van der Waals surface area contributed by atoms with E-state index < -0.39 is 15.9 Å². The Labute approximate surface area is 213 Å². The number of nitrogens with one attached hydrogen (secondary N) is 1. The smallest absolute Gasteiger partial charge is 0.267 e. The van der Waals surface area contributed by atoms with E-state index in [0.717, 1.165) is 41.4 Å². The summed E-state index contributed by atoms with van der Waals surface area (Å²) in [6, 6.07) is 3.78. The number of aromatic nitrogens is 3. The molecule has 1 saturated heterocycles. The summed E-state index contributed by atoms with van der Waals surface area (Å²) in [7, 11) is -3.72. The van der Waals surface area contributed by atoms with Gasteiger partial charge in [-0.1, -0.05) is 13.8 Å². The van der Waals surface area contributed by atoms with E-state index in [4.69, 9.17) is 14.7 Å². The minimum absolute atomic E-state index is 0.204. The maximum absolute atomic E-state index is 13.4. The van der Waals surface area contributed by atoms with Crippen molar-refractivity contribution in [1.82, 2.24) is 19.1 Å². The number of pyridine rings is 1. The van der Waals surface area contributed by atoms with Crippen LogP contribution < -0.4 is 15.2 Å². The molecule has 4 heterocycles. The Morgan fingerprint density at radius 2 is 2.00 bits per heavy atom. The average Bonchev–Trinajstić information content (AvgIpc) is 3.31. The van der Waals surface area contributed by atoms with Gasteiger partial charge < -0.3 is 9.64 Å². The summed E-state index contributed by atoms with van der Waals surface area (Å²) in [6.45, 7) is 6.32. The number of morpholine rings is 1. The number of amides is 1. The van der Waals surface area contributed by atoms with Crippen LogP contribution in [0.15, 0.2) is 34.6 Å².